The maximum atomic E-state index is 13.7. The Morgan fingerprint density at radius 1 is 1.03 bits per heavy atom. The van der Waals surface area contributed by atoms with E-state index in [1.165, 1.54) is 0 Å². The van der Waals surface area contributed by atoms with Gasteiger partial charge in [0.1, 0.15) is 5.54 Å². The number of nitrogens with one attached hydrogen (secondary N) is 1. The number of aromatic nitrogens is 2. The normalized spacial score (nSPS) is 17.8. The molecule has 3 aromatic carbocycles. The SMILES string of the molecule is CC1(C(=O)NCc2ccccc2)Cn2c(nc3ccccc32)C(=O)N1Cc1ccccc1Cl. The van der Waals surface area contributed by atoms with Gasteiger partial charge in [-0.05, 0) is 36.2 Å². The fourth-order valence-electron chi connectivity index (χ4n) is 4.34. The van der Waals surface area contributed by atoms with Crippen molar-refractivity contribution in [1.82, 2.24) is 19.8 Å². The summed E-state index contributed by atoms with van der Waals surface area (Å²) in [5, 5.41) is 3.58. The second-order valence-corrected chi connectivity index (χ2v) is 8.84. The van der Waals surface area contributed by atoms with Gasteiger partial charge in [0.2, 0.25) is 5.91 Å². The number of carbonyl (C=O) groups excluding carboxylic acids is 2. The highest BCUT2D eigenvalue weighted by Crippen LogP contribution is 2.33. The summed E-state index contributed by atoms with van der Waals surface area (Å²) in [6.45, 7) is 2.68. The molecule has 1 aliphatic rings. The molecule has 0 saturated heterocycles. The van der Waals surface area contributed by atoms with Gasteiger partial charge >= 0.3 is 0 Å². The molecule has 1 atom stereocenters. The number of nitrogens with zero attached hydrogens (tertiary/aromatic N) is 3. The van der Waals surface area contributed by atoms with Gasteiger partial charge in [-0.2, -0.15) is 0 Å². The molecule has 0 bridgehead atoms. The molecule has 33 heavy (non-hydrogen) atoms. The lowest BCUT2D eigenvalue weighted by Gasteiger charge is -2.43. The first kappa shape index (κ1) is 21.2. The fraction of sp³-hybridized carbons (Fsp3) is 0.192. The van der Waals surface area contributed by atoms with Crippen molar-refractivity contribution >= 4 is 34.4 Å². The van der Waals surface area contributed by atoms with Gasteiger partial charge in [-0.3, -0.25) is 9.59 Å². The summed E-state index contributed by atoms with van der Waals surface area (Å²) in [4.78, 5) is 33.5. The Hall–Kier alpha value is -3.64. The van der Waals surface area contributed by atoms with Gasteiger partial charge in [-0.25, -0.2) is 4.98 Å². The Morgan fingerprint density at radius 2 is 1.73 bits per heavy atom. The van der Waals surface area contributed by atoms with E-state index in [2.05, 4.69) is 10.3 Å². The molecule has 2 amide bonds. The minimum Gasteiger partial charge on any atom is -0.350 e. The maximum Gasteiger partial charge on any atom is 0.291 e. The van der Waals surface area contributed by atoms with E-state index in [9.17, 15) is 9.59 Å². The van der Waals surface area contributed by atoms with Crippen LogP contribution < -0.4 is 5.32 Å². The predicted octanol–water partition coefficient (Wildman–Crippen LogP) is 4.42. The molecule has 0 radical (unpaired) electrons. The molecule has 4 aromatic rings. The van der Waals surface area contributed by atoms with E-state index in [0.717, 1.165) is 22.2 Å². The second-order valence-electron chi connectivity index (χ2n) is 8.44. The van der Waals surface area contributed by atoms with E-state index in [-0.39, 0.29) is 18.4 Å². The third-order valence-corrected chi connectivity index (χ3v) is 6.59. The van der Waals surface area contributed by atoms with E-state index < -0.39 is 5.54 Å². The average Bonchev–Trinajstić information content (AvgIpc) is 3.20. The summed E-state index contributed by atoms with van der Waals surface area (Å²) < 4.78 is 1.85. The third-order valence-electron chi connectivity index (χ3n) is 6.22. The lowest BCUT2D eigenvalue weighted by atomic mass is 9.94. The fourth-order valence-corrected chi connectivity index (χ4v) is 4.54. The highest BCUT2D eigenvalue weighted by Gasteiger charge is 2.48. The molecule has 2 heterocycles. The van der Waals surface area contributed by atoms with Gasteiger partial charge in [-0.15, -0.1) is 0 Å². The summed E-state index contributed by atoms with van der Waals surface area (Å²) in [5.74, 6) is -0.193. The second kappa shape index (κ2) is 8.37. The van der Waals surface area contributed by atoms with Crippen molar-refractivity contribution in [3.63, 3.8) is 0 Å². The maximum absolute atomic E-state index is 13.7. The van der Waals surface area contributed by atoms with Crippen LogP contribution in [0.5, 0.6) is 0 Å². The molecule has 0 spiro atoms. The summed E-state index contributed by atoms with van der Waals surface area (Å²) in [6.07, 6.45) is 0. The Kier molecular flexibility index (Phi) is 5.38. The Labute approximate surface area is 196 Å². The van der Waals surface area contributed by atoms with Gasteiger partial charge < -0.3 is 14.8 Å². The molecule has 1 unspecified atom stereocenters. The summed E-state index contributed by atoms with van der Waals surface area (Å²) in [6, 6.07) is 24.7. The molecule has 6 nitrogen and oxygen atoms in total. The third kappa shape index (κ3) is 3.76. The highest BCUT2D eigenvalue weighted by atomic mass is 35.5. The van der Waals surface area contributed by atoms with E-state index >= 15 is 0 Å². The molecule has 0 aliphatic carbocycles. The standard InChI is InChI=1S/C26H23ClN4O2/c1-26(25(33)28-15-18-9-3-2-4-10-18)17-30-22-14-8-7-13-21(22)29-23(30)24(32)31(26)16-19-11-5-6-12-20(19)27/h2-14H,15-17H2,1H3,(H,28,33). The highest BCUT2D eigenvalue weighted by molar-refractivity contribution is 6.31. The van der Waals surface area contributed by atoms with Crippen molar-refractivity contribution in [2.75, 3.05) is 0 Å². The van der Waals surface area contributed by atoms with Crippen LogP contribution in [0.3, 0.4) is 0 Å². The zero-order chi connectivity index (χ0) is 23.0. The average molecular weight is 459 g/mol. The molecule has 5 rings (SSSR count). The molecule has 1 aromatic heterocycles. The molecular weight excluding hydrogens is 436 g/mol. The summed E-state index contributed by atoms with van der Waals surface area (Å²) in [5.41, 5.74) is 2.19. The van der Waals surface area contributed by atoms with Crippen LogP contribution >= 0.6 is 11.6 Å². The van der Waals surface area contributed by atoms with Crippen LogP contribution in [0.2, 0.25) is 5.02 Å². The number of fused-ring (bicyclic) bond motifs is 3. The molecular formula is C26H23ClN4O2. The van der Waals surface area contributed by atoms with Crippen molar-refractivity contribution < 1.29 is 9.59 Å². The number of halogens is 1. The van der Waals surface area contributed by atoms with Crippen LogP contribution in [0.15, 0.2) is 78.9 Å². The van der Waals surface area contributed by atoms with Gasteiger partial charge in [-0.1, -0.05) is 72.3 Å². The largest absolute Gasteiger partial charge is 0.350 e. The first-order chi connectivity index (χ1) is 16.0. The van der Waals surface area contributed by atoms with Crippen LogP contribution in [0, 0.1) is 0 Å². The van der Waals surface area contributed by atoms with Crippen LogP contribution in [-0.4, -0.2) is 31.8 Å². The Morgan fingerprint density at radius 3 is 2.52 bits per heavy atom. The van der Waals surface area contributed by atoms with E-state index in [1.807, 2.05) is 77.4 Å². The lowest BCUT2D eigenvalue weighted by molar-refractivity contribution is -0.133. The predicted molar refractivity (Wildman–Crippen MR) is 128 cm³/mol. The van der Waals surface area contributed by atoms with E-state index in [0.29, 0.717) is 23.9 Å². The smallest absolute Gasteiger partial charge is 0.291 e. The zero-order valence-electron chi connectivity index (χ0n) is 18.2. The molecule has 1 N–H and O–H groups in total. The number of amides is 2. The number of benzene rings is 3. The monoisotopic (exact) mass is 458 g/mol. The number of para-hydroxylation sites is 2. The van der Waals surface area contributed by atoms with Crippen molar-refractivity contribution in [2.45, 2.75) is 32.1 Å². The number of hydrogen-bond donors (Lipinski definition) is 1. The van der Waals surface area contributed by atoms with Crippen LogP contribution in [0.4, 0.5) is 0 Å². The number of hydrogen-bond acceptors (Lipinski definition) is 3. The van der Waals surface area contributed by atoms with Gasteiger partial charge in [0.15, 0.2) is 5.82 Å². The van der Waals surface area contributed by atoms with Gasteiger partial charge in [0.25, 0.3) is 5.91 Å². The number of carbonyl (C=O) groups is 2. The Balaban J connectivity index is 1.55. The zero-order valence-corrected chi connectivity index (χ0v) is 18.9. The van der Waals surface area contributed by atoms with Crippen LogP contribution in [0.25, 0.3) is 11.0 Å². The van der Waals surface area contributed by atoms with Crippen molar-refractivity contribution in [2.24, 2.45) is 0 Å². The number of imidazole rings is 1. The molecule has 7 heteroatoms. The minimum absolute atomic E-state index is 0.205. The minimum atomic E-state index is -1.14. The first-order valence-electron chi connectivity index (χ1n) is 10.8. The van der Waals surface area contributed by atoms with Crippen LogP contribution in [0.1, 0.15) is 28.7 Å². The van der Waals surface area contributed by atoms with Crippen molar-refractivity contribution in [3.05, 3.63) is 101 Å². The van der Waals surface area contributed by atoms with Crippen LogP contribution in [-0.2, 0) is 24.4 Å². The van der Waals surface area contributed by atoms with E-state index in [4.69, 9.17) is 11.6 Å². The first-order valence-corrected chi connectivity index (χ1v) is 11.2. The molecule has 0 saturated carbocycles. The van der Waals surface area contributed by atoms with Gasteiger partial charge in [0.05, 0.1) is 17.6 Å². The van der Waals surface area contributed by atoms with E-state index in [1.54, 1.807) is 17.9 Å². The lowest BCUT2D eigenvalue weighted by Crippen LogP contribution is -2.63. The topological polar surface area (TPSA) is 67.2 Å². The quantitative estimate of drug-likeness (QED) is 0.481. The van der Waals surface area contributed by atoms with Gasteiger partial charge in [0, 0.05) is 18.1 Å². The molecule has 0 fully saturated rings. The number of rotatable bonds is 5. The molecule has 1 aliphatic heterocycles. The molecule has 166 valence electrons. The summed E-state index contributed by atoms with van der Waals surface area (Å²) >= 11 is 6.41. The van der Waals surface area contributed by atoms with Crippen molar-refractivity contribution in [1.29, 1.82) is 0 Å². The van der Waals surface area contributed by atoms with Crippen molar-refractivity contribution in [3.8, 4) is 0 Å². The Bertz CT molecular complexity index is 1350. The summed E-state index contributed by atoms with van der Waals surface area (Å²) in [7, 11) is 0.